The Labute approximate surface area is 182 Å². The number of hydrogen-bond donors (Lipinski definition) is 2. The lowest BCUT2D eigenvalue weighted by Crippen LogP contribution is -2.32. The van der Waals surface area contributed by atoms with Gasteiger partial charge in [0.2, 0.25) is 0 Å². The van der Waals surface area contributed by atoms with Gasteiger partial charge < -0.3 is 15.0 Å². The Bertz CT molecular complexity index is 1290. The van der Waals surface area contributed by atoms with Gasteiger partial charge in [-0.2, -0.15) is 11.3 Å². The molecule has 6 nitrogen and oxygen atoms in total. The van der Waals surface area contributed by atoms with E-state index < -0.39 is 17.7 Å². The van der Waals surface area contributed by atoms with Gasteiger partial charge in [-0.15, -0.1) is 0 Å². The Morgan fingerprint density at radius 3 is 2.84 bits per heavy atom. The highest BCUT2D eigenvalue weighted by molar-refractivity contribution is 7.08. The van der Waals surface area contributed by atoms with Crippen LogP contribution in [0.3, 0.4) is 0 Å². The van der Waals surface area contributed by atoms with E-state index in [1.54, 1.807) is 23.2 Å². The summed E-state index contributed by atoms with van der Waals surface area (Å²) in [6.07, 6.45) is 5.57. The molecule has 0 aliphatic carbocycles. The zero-order chi connectivity index (χ0) is 21.4. The van der Waals surface area contributed by atoms with Gasteiger partial charge in [-0.1, -0.05) is 18.2 Å². The molecule has 2 N–H and O–H groups in total. The molecule has 0 saturated heterocycles. The van der Waals surface area contributed by atoms with E-state index in [4.69, 9.17) is 0 Å². The zero-order valence-electron chi connectivity index (χ0n) is 16.5. The fraction of sp³-hybridized carbons (Fsp3) is 0.125. The molecule has 5 rings (SSSR count). The number of fused-ring (bicyclic) bond motifs is 1. The first-order valence-corrected chi connectivity index (χ1v) is 10.9. The van der Waals surface area contributed by atoms with E-state index in [-0.39, 0.29) is 11.4 Å². The number of carbonyl (C=O) groups is 2. The lowest BCUT2D eigenvalue weighted by Gasteiger charge is -2.26. The third-order valence-corrected chi connectivity index (χ3v) is 6.33. The van der Waals surface area contributed by atoms with Crippen molar-refractivity contribution >= 4 is 33.9 Å². The van der Waals surface area contributed by atoms with Crippen LogP contribution in [0.15, 0.2) is 83.1 Å². The summed E-state index contributed by atoms with van der Waals surface area (Å²) < 4.78 is 0. The lowest BCUT2D eigenvalue weighted by molar-refractivity contribution is -0.129. The van der Waals surface area contributed by atoms with Crippen molar-refractivity contribution in [2.75, 3.05) is 6.54 Å². The number of aliphatic hydroxyl groups is 1. The molecule has 4 aromatic rings. The SMILES string of the molecule is O=C(C1=C(O)C(=O)N(CCc2c[nH]c3ccccc23)C1c1ccsc1)c1cccnc1. The van der Waals surface area contributed by atoms with Gasteiger partial charge in [-0.05, 0) is 52.6 Å². The Kier molecular flexibility index (Phi) is 4.88. The third-order valence-electron chi connectivity index (χ3n) is 5.63. The maximum Gasteiger partial charge on any atom is 0.290 e. The third kappa shape index (κ3) is 3.33. The number of aromatic amines is 1. The number of thiophene rings is 1. The first-order valence-electron chi connectivity index (χ1n) is 9.91. The van der Waals surface area contributed by atoms with Crippen molar-refractivity contribution in [3.63, 3.8) is 0 Å². The molecule has 1 aliphatic rings. The normalized spacial score (nSPS) is 16.5. The van der Waals surface area contributed by atoms with Crippen LogP contribution in [-0.4, -0.2) is 38.2 Å². The van der Waals surface area contributed by atoms with Gasteiger partial charge in [0, 0.05) is 41.6 Å². The summed E-state index contributed by atoms with van der Waals surface area (Å²) in [7, 11) is 0. The number of carbonyl (C=O) groups excluding carboxylic acids is 2. The predicted octanol–water partition coefficient (Wildman–Crippen LogP) is 4.45. The first-order chi connectivity index (χ1) is 15.1. The van der Waals surface area contributed by atoms with Crippen LogP contribution in [-0.2, 0) is 11.2 Å². The molecule has 0 radical (unpaired) electrons. The van der Waals surface area contributed by atoms with Gasteiger partial charge in [0.05, 0.1) is 11.6 Å². The number of nitrogens with one attached hydrogen (secondary N) is 1. The van der Waals surface area contributed by atoms with E-state index in [0.29, 0.717) is 18.5 Å². The standard InChI is InChI=1S/C24H19N3O3S/c28-22(16-4-3-9-25-12-16)20-21(17-8-11-31-14-17)27(24(30)23(20)29)10-7-15-13-26-19-6-2-1-5-18(15)19/h1-6,8-9,11-14,21,26,29H,7,10H2. The van der Waals surface area contributed by atoms with Crippen LogP contribution in [0.1, 0.15) is 27.5 Å². The average molecular weight is 430 g/mol. The van der Waals surface area contributed by atoms with Crippen LogP contribution in [0.25, 0.3) is 10.9 Å². The number of ketones is 1. The molecule has 0 bridgehead atoms. The van der Waals surface area contributed by atoms with E-state index in [1.807, 2.05) is 47.3 Å². The number of amides is 1. The van der Waals surface area contributed by atoms with Gasteiger partial charge in [-0.25, -0.2) is 0 Å². The maximum absolute atomic E-state index is 13.2. The van der Waals surface area contributed by atoms with Crippen LogP contribution < -0.4 is 0 Å². The van der Waals surface area contributed by atoms with Crippen LogP contribution in [0.2, 0.25) is 0 Å². The van der Waals surface area contributed by atoms with Crippen molar-refractivity contribution in [1.29, 1.82) is 0 Å². The quantitative estimate of drug-likeness (QED) is 0.444. The number of benzene rings is 1. The number of hydrogen-bond acceptors (Lipinski definition) is 5. The van der Waals surface area contributed by atoms with Crippen molar-refractivity contribution in [1.82, 2.24) is 14.9 Å². The van der Waals surface area contributed by atoms with Crippen LogP contribution in [0.5, 0.6) is 0 Å². The molecular formula is C24H19N3O3S. The molecule has 154 valence electrons. The number of H-pyrrole nitrogens is 1. The van der Waals surface area contributed by atoms with Crippen molar-refractivity contribution in [3.8, 4) is 0 Å². The molecule has 0 fully saturated rings. The summed E-state index contributed by atoms with van der Waals surface area (Å²) in [5, 5.41) is 15.6. The molecule has 1 amide bonds. The molecule has 1 aromatic carbocycles. The molecule has 1 unspecified atom stereocenters. The maximum atomic E-state index is 13.2. The van der Waals surface area contributed by atoms with Gasteiger partial charge in [-0.3, -0.25) is 14.6 Å². The van der Waals surface area contributed by atoms with E-state index in [2.05, 4.69) is 9.97 Å². The summed E-state index contributed by atoms with van der Waals surface area (Å²) in [6, 6.07) is 12.6. The minimum atomic E-state index is -0.628. The summed E-state index contributed by atoms with van der Waals surface area (Å²) in [5.41, 5.74) is 3.38. The topological polar surface area (TPSA) is 86.3 Å². The van der Waals surface area contributed by atoms with Crippen LogP contribution in [0, 0.1) is 0 Å². The van der Waals surface area contributed by atoms with Crippen molar-refractivity contribution in [2.24, 2.45) is 0 Å². The Morgan fingerprint density at radius 1 is 1.19 bits per heavy atom. The van der Waals surface area contributed by atoms with Crippen molar-refractivity contribution < 1.29 is 14.7 Å². The van der Waals surface area contributed by atoms with E-state index in [9.17, 15) is 14.7 Å². The van der Waals surface area contributed by atoms with Gasteiger partial charge >= 0.3 is 0 Å². The number of aliphatic hydroxyl groups excluding tert-OH is 1. The van der Waals surface area contributed by atoms with Crippen molar-refractivity contribution in [2.45, 2.75) is 12.5 Å². The molecule has 7 heteroatoms. The Balaban J connectivity index is 1.49. The van der Waals surface area contributed by atoms with Gasteiger partial charge in [0.15, 0.2) is 11.5 Å². The second-order valence-electron chi connectivity index (χ2n) is 7.40. The van der Waals surface area contributed by atoms with Gasteiger partial charge in [0.25, 0.3) is 5.91 Å². The average Bonchev–Trinajstić information content (AvgIpc) is 3.53. The molecule has 0 spiro atoms. The number of rotatable bonds is 6. The second-order valence-corrected chi connectivity index (χ2v) is 8.18. The van der Waals surface area contributed by atoms with E-state index >= 15 is 0 Å². The molecule has 3 aromatic heterocycles. The smallest absolute Gasteiger partial charge is 0.290 e. The van der Waals surface area contributed by atoms with Crippen molar-refractivity contribution in [3.05, 3.63) is 99.8 Å². The Hall–Kier alpha value is -3.71. The van der Waals surface area contributed by atoms with E-state index in [0.717, 1.165) is 22.0 Å². The van der Waals surface area contributed by atoms with Gasteiger partial charge in [0.1, 0.15) is 0 Å². The first kappa shape index (κ1) is 19.3. The highest BCUT2D eigenvalue weighted by Crippen LogP contribution is 2.39. The number of para-hydroxylation sites is 1. The molecule has 4 heterocycles. The second kappa shape index (κ2) is 7.85. The van der Waals surface area contributed by atoms with Crippen LogP contribution in [0.4, 0.5) is 0 Å². The fourth-order valence-electron chi connectivity index (χ4n) is 4.13. The molecule has 1 atom stereocenters. The van der Waals surface area contributed by atoms with E-state index in [1.165, 1.54) is 17.5 Å². The molecule has 1 aliphatic heterocycles. The number of nitrogens with zero attached hydrogens (tertiary/aromatic N) is 2. The predicted molar refractivity (Wildman–Crippen MR) is 119 cm³/mol. The minimum absolute atomic E-state index is 0.107. The minimum Gasteiger partial charge on any atom is -0.503 e. The summed E-state index contributed by atoms with van der Waals surface area (Å²) in [6.45, 7) is 0.370. The largest absolute Gasteiger partial charge is 0.503 e. The zero-order valence-corrected chi connectivity index (χ0v) is 17.3. The molecular weight excluding hydrogens is 410 g/mol. The fourth-order valence-corrected chi connectivity index (χ4v) is 4.80. The molecule has 31 heavy (non-hydrogen) atoms. The number of aromatic nitrogens is 2. The van der Waals surface area contributed by atoms with Crippen LogP contribution >= 0.6 is 11.3 Å². The highest BCUT2D eigenvalue weighted by Gasteiger charge is 2.43. The highest BCUT2D eigenvalue weighted by atomic mass is 32.1. The lowest BCUT2D eigenvalue weighted by atomic mass is 9.95. The monoisotopic (exact) mass is 429 g/mol. The Morgan fingerprint density at radius 2 is 2.06 bits per heavy atom. The summed E-state index contributed by atoms with van der Waals surface area (Å²) >= 11 is 1.49. The molecule has 0 saturated carbocycles. The number of pyridine rings is 1. The summed E-state index contributed by atoms with van der Waals surface area (Å²) in [4.78, 5) is 35.1. The number of Topliss-reactive ketones (excluding diaryl/α,β-unsaturated/α-hetero) is 1. The summed E-state index contributed by atoms with van der Waals surface area (Å²) in [5.74, 6) is -1.39.